The van der Waals surface area contributed by atoms with Crippen molar-refractivity contribution in [1.82, 2.24) is 4.90 Å². The van der Waals surface area contributed by atoms with E-state index >= 15 is 0 Å². The number of hydrogen-bond donors (Lipinski definition) is 0. The normalized spacial score (nSPS) is 14.7. The Balaban J connectivity index is 3.34. The quantitative estimate of drug-likeness (QED) is 0.583. The Hall–Kier alpha value is -0.0400. The van der Waals surface area contributed by atoms with Gasteiger partial charge in [0.15, 0.2) is 0 Å². The molecule has 0 amide bonds. The Morgan fingerprint density at radius 1 is 1.10 bits per heavy atom. The molecule has 0 radical (unpaired) electrons. The van der Waals surface area contributed by atoms with E-state index in [0.29, 0.717) is 0 Å². The highest BCUT2D eigenvalue weighted by Crippen LogP contribution is 2.10. The van der Waals surface area contributed by atoms with Crippen molar-refractivity contribution < 1.29 is 0 Å². The van der Waals surface area contributed by atoms with Gasteiger partial charge in [0.05, 0.1) is 0 Å². The van der Waals surface area contributed by atoms with Gasteiger partial charge in [-0.2, -0.15) is 0 Å². The molecule has 0 bridgehead atoms. The zero-order chi connectivity index (χ0) is 8.15. The standard InChI is InChI=1S/C9H21N/c1-8(2)6-9(3)7-10(4)5/h8-9H,6-7H2,1-5H3/t9-/m1/s1. The van der Waals surface area contributed by atoms with E-state index in [0.717, 1.165) is 11.8 Å². The summed E-state index contributed by atoms with van der Waals surface area (Å²) < 4.78 is 0. The first-order chi connectivity index (χ1) is 4.52. The first-order valence-electron chi connectivity index (χ1n) is 4.17. The SMILES string of the molecule is CC(C)C[C@@H](C)CN(C)C. The molecule has 0 N–H and O–H groups in total. The molecule has 0 saturated carbocycles. The van der Waals surface area contributed by atoms with Gasteiger partial charge >= 0.3 is 0 Å². The monoisotopic (exact) mass is 143 g/mol. The Morgan fingerprint density at radius 3 is 1.90 bits per heavy atom. The largest absolute Gasteiger partial charge is 0.309 e. The summed E-state index contributed by atoms with van der Waals surface area (Å²) in [7, 11) is 4.27. The van der Waals surface area contributed by atoms with Crippen LogP contribution in [-0.4, -0.2) is 25.5 Å². The van der Waals surface area contributed by atoms with Gasteiger partial charge in [-0.25, -0.2) is 0 Å². The minimum Gasteiger partial charge on any atom is -0.309 e. The summed E-state index contributed by atoms with van der Waals surface area (Å²) in [5, 5.41) is 0. The van der Waals surface area contributed by atoms with E-state index in [1.807, 2.05) is 0 Å². The zero-order valence-electron chi connectivity index (χ0n) is 8.02. The lowest BCUT2D eigenvalue weighted by Crippen LogP contribution is -2.20. The summed E-state index contributed by atoms with van der Waals surface area (Å²) in [5.74, 6) is 1.69. The third-order valence-corrected chi connectivity index (χ3v) is 1.55. The average Bonchev–Trinajstić information content (AvgIpc) is 1.58. The van der Waals surface area contributed by atoms with Crippen molar-refractivity contribution in [1.29, 1.82) is 0 Å². The number of nitrogens with zero attached hydrogens (tertiary/aromatic N) is 1. The number of hydrogen-bond acceptors (Lipinski definition) is 1. The number of rotatable bonds is 4. The van der Waals surface area contributed by atoms with E-state index in [9.17, 15) is 0 Å². The molecule has 62 valence electrons. The van der Waals surface area contributed by atoms with E-state index in [1.165, 1.54) is 13.0 Å². The summed E-state index contributed by atoms with van der Waals surface area (Å²) in [6, 6.07) is 0. The molecule has 10 heavy (non-hydrogen) atoms. The fourth-order valence-electron chi connectivity index (χ4n) is 1.50. The maximum atomic E-state index is 2.32. The Labute approximate surface area is 65.4 Å². The topological polar surface area (TPSA) is 3.24 Å². The summed E-state index contributed by atoms with van der Waals surface area (Å²) in [6.45, 7) is 8.11. The van der Waals surface area contributed by atoms with Gasteiger partial charge in [0.2, 0.25) is 0 Å². The van der Waals surface area contributed by atoms with Gasteiger partial charge in [-0.15, -0.1) is 0 Å². The predicted octanol–water partition coefficient (Wildman–Crippen LogP) is 2.23. The smallest absolute Gasteiger partial charge is 0.000102 e. The van der Waals surface area contributed by atoms with Crippen molar-refractivity contribution in [2.45, 2.75) is 27.2 Å². The van der Waals surface area contributed by atoms with Crippen molar-refractivity contribution >= 4 is 0 Å². The second-order valence-corrected chi connectivity index (χ2v) is 4.00. The molecule has 1 atom stereocenters. The van der Waals surface area contributed by atoms with Crippen LogP contribution in [0.4, 0.5) is 0 Å². The molecule has 1 nitrogen and oxygen atoms in total. The summed E-state index contributed by atoms with van der Waals surface area (Å²) >= 11 is 0. The molecule has 0 heterocycles. The summed E-state index contributed by atoms with van der Waals surface area (Å²) in [4.78, 5) is 2.26. The molecular weight excluding hydrogens is 122 g/mol. The molecular formula is C9H21N. The molecule has 0 unspecified atom stereocenters. The molecule has 0 spiro atoms. The predicted molar refractivity (Wildman–Crippen MR) is 47.2 cm³/mol. The Kier molecular flexibility index (Phi) is 4.71. The molecule has 0 aliphatic rings. The third-order valence-electron chi connectivity index (χ3n) is 1.55. The fraction of sp³-hybridized carbons (Fsp3) is 1.00. The van der Waals surface area contributed by atoms with Gasteiger partial charge in [0.1, 0.15) is 0 Å². The van der Waals surface area contributed by atoms with Crippen LogP contribution in [-0.2, 0) is 0 Å². The fourth-order valence-corrected chi connectivity index (χ4v) is 1.50. The Morgan fingerprint density at radius 2 is 1.60 bits per heavy atom. The van der Waals surface area contributed by atoms with Crippen LogP contribution in [0.3, 0.4) is 0 Å². The molecule has 0 aliphatic carbocycles. The van der Waals surface area contributed by atoms with Crippen molar-refractivity contribution in [3.8, 4) is 0 Å². The summed E-state index contributed by atoms with van der Waals surface area (Å²) in [5.41, 5.74) is 0. The van der Waals surface area contributed by atoms with Crippen LogP contribution in [0.1, 0.15) is 27.2 Å². The molecule has 0 aromatic heterocycles. The highest BCUT2D eigenvalue weighted by molar-refractivity contribution is 4.58. The van der Waals surface area contributed by atoms with Gasteiger partial charge in [-0.1, -0.05) is 20.8 Å². The van der Waals surface area contributed by atoms with Crippen LogP contribution in [0, 0.1) is 11.8 Å². The molecule has 0 aromatic carbocycles. The molecule has 0 saturated heterocycles. The average molecular weight is 143 g/mol. The summed E-state index contributed by atoms with van der Waals surface area (Å²) in [6.07, 6.45) is 1.35. The van der Waals surface area contributed by atoms with Crippen molar-refractivity contribution in [3.05, 3.63) is 0 Å². The highest BCUT2D eigenvalue weighted by Gasteiger charge is 2.04. The molecule has 1 heteroatoms. The van der Waals surface area contributed by atoms with Crippen LogP contribution in [0.5, 0.6) is 0 Å². The van der Waals surface area contributed by atoms with Crippen LogP contribution < -0.4 is 0 Å². The van der Waals surface area contributed by atoms with Gasteiger partial charge in [0.25, 0.3) is 0 Å². The first-order valence-corrected chi connectivity index (χ1v) is 4.17. The molecule has 0 fully saturated rings. The minimum atomic E-state index is 0.843. The van der Waals surface area contributed by atoms with Crippen molar-refractivity contribution in [3.63, 3.8) is 0 Å². The van der Waals surface area contributed by atoms with Gasteiger partial charge in [-0.3, -0.25) is 0 Å². The van der Waals surface area contributed by atoms with Crippen molar-refractivity contribution in [2.24, 2.45) is 11.8 Å². The lowest BCUT2D eigenvalue weighted by Gasteiger charge is -2.18. The van der Waals surface area contributed by atoms with Crippen molar-refractivity contribution in [2.75, 3.05) is 20.6 Å². The van der Waals surface area contributed by atoms with Crippen LogP contribution in [0.2, 0.25) is 0 Å². The third kappa shape index (κ3) is 6.09. The van der Waals surface area contributed by atoms with E-state index in [-0.39, 0.29) is 0 Å². The van der Waals surface area contributed by atoms with Crippen LogP contribution >= 0.6 is 0 Å². The molecule has 0 rings (SSSR count). The first kappa shape index (κ1) is 9.96. The highest BCUT2D eigenvalue weighted by atomic mass is 15.1. The molecule has 0 aromatic rings. The molecule has 0 aliphatic heterocycles. The van der Waals surface area contributed by atoms with Crippen LogP contribution in [0.25, 0.3) is 0 Å². The second kappa shape index (κ2) is 4.73. The minimum absolute atomic E-state index is 0.843. The van der Waals surface area contributed by atoms with Gasteiger partial charge in [-0.05, 0) is 32.4 Å². The maximum absolute atomic E-state index is 2.32. The van der Waals surface area contributed by atoms with E-state index in [4.69, 9.17) is 0 Å². The van der Waals surface area contributed by atoms with Gasteiger partial charge in [0, 0.05) is 6.54 Å². The lowest BCUT2D eigenvalue weighted by molar-refractivity contribution is 0.306. The second-order valence-electron chi connectivity index (χ2n) is 4.00. The van der Waals surface area contributed by atoms with Gasteiger partial charge < -0.3 is 4.90 Å². The maximum Gasteiger partial charge on any atom is 0.000102 e. The van der Waals surface area contributed by atoms with E-state index in [1.54, 1.807) is 0 Å². The van der Waals surface area contributed by atoms with E-state index in [2.05, 4.69) is 39.8 Å². The van der Waals surface area contributed by atoms with E-state index < -0.39 is 0 Å². The van der Waals surface area contributed by atoms with Crippen LogP contribution in [0.15, 0.2) is 0 Å². The lowest BCUT2D eigenvalue weighted by atomic mass is 9.99. The zero-order valence-corrected chi connectivity index (χ0v) is 8.02. The Bertz CT molecular complexity index is 66.8.